The molecule has 1 aromatic rings. The minimum absolute atomic E-state index is 0.0363. The highest BCUT2D eigenvalue weighted by Gasteiger charge is 2.33. The van der Waals surface area contributed by atoms with E-state index in [9.17, 15) is 18.0 Å². The van der Waals surface area contributed by atoms with E-state index in [1.807, 2.05) is 13.8 Å². The average molecular weight is 275 g/mol. The predicted molar refractivity (Wildman–Crippen MR) is 66.0 cm³/mol. The minimum Gasteiger partial charge on any atom is -0.326 e. The molecule has 0 aliphatic carbocycles. The number of pyridine rings is 1. The largest absolute Gasteiger partial charge is 0.416 e. The summed E-state index contributed by atoms with van der Waals surface area (Å²) >= 11 is 0. The molecule has 4 nitrogen and oxygen atoms in total. The summed E-state index contributed by atoms with van der Waals surface area (Å²) in [6.07, 6.45) is -3.36. The summed E-state index contributed by atoms with van der Waals surface area (Å²) in [7, 11) is 1.59. The van der Waals surface area contributed by atoms with E-state index in [4.69, 9.17) is 0 Å². The molecule has 1 aliphatic rings. The molecule has 2 amide bonds. The van der Waals surface area contributed by atoms with Gasteiger partial charge in [0.2, 0.25) is 0 Å². The van der Waals surface area contributed by atoms with Crippen molar-refractivity contribution in [2.45, 2.75) is 20.0 Å². The lowest BCUT2D eigenvalue weighted by atomic mass is 10.2. The van der Waals surface area contributed by atoms with Crippen LogP contribution < -0.4 is 4.90 Å². The third-order valence-electron chi connectivity index (χ3n) is 2.57. The Morgan fingerprint density at radius 3 is 2.37 bits per heavy atom. The van der Waals surface area contributed by atoms with E-state index in [0.717, 1.165) is 18.3 Å². The molecule has 0 N–H and O–H groups in total. The van der Waals surface area contributed by atoms with Gasteiger partial charge in [-0.05, 0) is 12.1 Å². The summed E-state index contributed by atoms with van der Waals surface area (Å²) in [5.41, 5.74) is -0.801. The van der Waals surface area contributed by atoms with Crippen LogP contribution in [0.2, 0.25) is 0 Å². The number of carbonyl (C=O) groups excluding carboxylic acids is 1. The molecule has 0 unspecified atom stereocenters. The summed E-state index contributed by atoms with van der Waals surface area (Å²) in [6.45, 7) is 4.83. The van der Waals surface area contributed by atoms with Crippen molar-refractivity contribution in [1.29, 1.82) is 0 Å². The first-order valence-electron chi connectivity index (χ1n) is 5.95. The van der Waals surface area contributed by atoms with Crippen molar-refractivity contribution in [3.05, 3.63) is 23.9 Å². The van der Waals surface area contributed by atoms with Crippen LogP contribution in [-0.2, 0) is 6.18 Å². The predicted octanol–water partition coefficient (Wildman–Crippen LogP) is 3.00. The Bertz CT molecular complexity index is 448. The quantitative estimate of drug-likeness (QED) is 0.790. The highest BCUT2D eigenvalue weighted by Crippen LogP contribution is 2.31. The molecule has 1 aromatic heterocycles. The maximum Gasteiger partial charge on any atom is 0.416 e. The van der Waals surface area contributed by atoms with Gasteiger partial charge < -0.3 is 4.90 Å². The smallest absolute Gasteiger partial charge is 0.326 e. The van der Waals surface area contributed by atoms with Crippen molar-refractivity contribution in [1.82, 2.24) is 9.88 Å². The summed E-state index contributed by atoms with van der Waals surface area (Å²) in [5, 5.41) is 0. The second-order valence-corrected chi connectivity index (χ2v) is 3.76. The van der Waals surface area contributed by atoms with Crippen molar-refractivity contribution in [3.63, 3.8) is 0 Å². The maximum absolute atomic E-state index is 12.5. The SMILES string of the molecule is CC.CN1CCN(c2cc(C(F)(F)F)ccn2)C1=O. The molecule has 0 aromatic carbocycles. The molecule has 0 spiro atoms. The Labute approximate surface area is 109 Å². The zero-order valence-electron chi connectivity index (χ0n) is 11.0. The number of nitrogens with zero attached hydrogens (tertiary/aromatic N) is 3. The highest BCUT2D eigenvalue weighted by atomic mass is 19.4. The van der Waals surface area contributed by atoms with Crippen LogP contribution in [0, 0.1) is 0 Å². The van der Waals surface area contributed by atoms with Crippen molar-refractivity contribution >= 4 is 11.8 Å². The van der Waals surface area contributed by atoms with Gasteiger partial charge in [0.1, 0.15) is 5.82 Å². The first-order chi connectivity index (χ1) is 8.89. The standard InChI is InChI=1S/C10H10F3N3O.C2H6/c1-15-4-5-16(9(15)17)8-6-7(2-3-14-8)10(11,12)13;1-2/h2-3,6H,4-5H2,1H3;1-2H3. The Morgan fingerprint density at radius 1 is 1.26 bits per heavy atom. The van der Waals surface area contributed by atoms with E-state index >= 15 is 0 Å². The zero-order chi connectivity index (χ0) is 14.6. The molecule has 0 saturated carbocycles. The molecule has 106 valence electrons. The molecule has 0 radical (unpaired) electrons. The molecule has 7 heteroatoms. The number of likely N-dealkylation sites (N-methyl/N-ethyl adjacent to an activating group) is 1. The third-order valence-corrected chi connectivity index (χ3v) is 2.57. The van der Waals surface area contributed by atoms with Gasteiger partial charge in [-0.15, -0.1) is 0 Å². The van der Waals surface area contributed by atoms with Gasteiger partial charge in [-0.25, -0.2) is 9.78 Å². The van der Waals surface area contributed by atoms with Crippen molar-refractivity contribution < 1.29 is 18.0 Å². The number of amides is 2. The lowest BCUT2D eigenvalue weighted by Crippen LogP contribution is -2.30. The molecule has 2 rings (SSSR count). The number of aromatic nitrogens is 1. The Morgan fingerprint density at radius 2 is 1.89 bits per heavy atom. The van der Waals surface area contributed by atoms with Crippen LogP contribution in [0.4, 0.5) is 23.8 Å². The second kappa shape index (κ2) is 5.90. The number of rotatable bonds is 1. The first-order valence-corrected chi connectivity index (χ1v) is 5.95. The number of carbonyl (C=O) groups is 1. The van der Waals surface area contributed by atoms with Gasteiger partial charge >= 0.3 is 12.2 Å². The number of halogens is 3. The Hall–Kier alpha value is -1.79. The van der Waals surface area contributed by atoms with Crippen molar-refractivity contribution in [2.24, 2.45) is 0 Å². The lowest BCUT2D eigenvalue weighted by molar-refractivity contribution is -0.137. The van der Waals surface area contributed by atoms with Gasteiger partial charge in [0.25, 0.3) is 0 Å². The molecule has 1 saturated heterocycles. The van der Waals surface area contributed by atoms with Crippen LogP contribution in [0.25, 0.3) is 0 Å². The maximum atomic E-state index is 12.5. The first kappa shape index (κ1) is 15.3. The van der Waals surface area contributed by atoms with Crippen LogP contribution in [0.15, 0.2) is 18.3 Å². The lowest BCUT2D eigenvalue weighted by Gasteiger charge is -2.16. The van der Waals surface area contributed by atoms with E-state index in [2.05, 4.69) is 4.98 Å². The fourth-order valence-corrected chi connectivity index (χ4v) is 1.60. The van der Waals surface area contributed by atoms with Crippen LogP contribution in [-0.4, -0.2) is 36.1 Å². The van der Waals surface area contributed by atoms with Gasteiger partial charge in [0.05, 0.1) is 5.56 Å². The van der Waals surface area contributed by atoms with Crippen LogP contribution in [0.3, 0.4) is 0 Å². The van der Waals surface area contributed by atoms with Gasteiger partial charge in [-0.3, -0.25) is 4.90 Å². The van der Waals surface area contributed by atoms with Gasteiger partial charge in [-0.2, -0.15) is 13.2 Å². The molecule has 0 atom stereocenters. The summed E-state index contributed by atoms with van der Waals surface area (Å²) < 4.78 is 37.5. The summed E-state index contributed by atoms with van der Waals surface area (Å²) in [6, 6.07) is 1.43. The molecular weight excluding hydrogens is 259 g/mol. The van der Waals surface area contributed by atoms with Crippen LogP contribution in [0.5, 0.6) is 0 Å². The summed E-state index contributed by atoms with van der Waals surface area (Å²) in [5.74, 6) is 0.0363. The number of hydrogen-bond acceptors (Lipinski definition) is 2. The van der Waals surface area contributed by atoms with Crippen molar-refractivity contribution in [2.75, 3.05) is 25.0 Å². The van der Waals surface area contributed by atoms with E-state index in [1.165, 1.54) is 9.80 Å². The van der Waals surface area contributed by atoms with E-state index in [1.54, 1.807) is 7.05 Å². The molecule has 2 heterocycles. The van der Waals surface area contributed by atoms with E-state index in [0.29, 0.717) is 13.1 Å². The van der Waals surface area contributed by atoms with Gasteiger partial charge in [0, 0.05) is 26.3 Å². The molecular formula is C12H16F3N3O. The molecule has 19 heavy (non-hydrogen) atoms. The van der Waals surface area contributed by atoms with E-state index in [-0.39, 0.29) is 11.8 Å². The highest BCUT2D eigenvalue weighted by molar-refractivity contribution is 5.92. The Kier molecular flexibility index (Phi) is 4.74. The third kappa shape index (κ3) is 3.36. The van der Waals surface area contributed by atoms with E-state index < -0.39 is 11.7 Å². The average Bonchev–Trinajstić information content (AvgIpc) is 2.72. The normalized spacial score (nSPS) is 15.4. The summed E-state index contributed by atoms with van der Waals surface area (Å²) in [4.78, 5) is 18.1. The molecule has 1 fully saturated rings. The number of alkyl halides is 3. The van der Waals surface area contributed by atoms with Gasteiger partial charge in [0.15, 0.2) is 0 Å². The number of hydrogen-bond donors (Lipinski definition) is 0. The van der Waals surface area contributed by atoms with Crippen molar-refractivity contribution in [3.8, 4) is 0 Å². The number of anilines is 1. The van der Waals surface area contributed by atoms with Crippen LogP contribution >= 0.6 is 0 Å². The monoisotopic (exact) mass is 275 g/mol. The minimum atomic E-state index is -4.42. The fraction of sp³-hybridized carbons (Fsp3) is 0.500. The second-order valence-electron chi connectivity index (χ2n) is 3.76. The Balaban J connectivity index is 0.000000861. The molecule has 1 aliphatic heterocycles. The zero-order valence-corrected chi connectivity index (χ0v) is 11.0. The van der Waals surface area contributed by atoms with Crippen LogP contribution in [0.1, 0.15) is 19.4 Å². The number of urea groups is 1. The fourth-order valence-electron chi connectivity index (χ4n) is 1.60. The van der Waals surface area contributed by atoms with Gasteiger partial charge in [-0.1, -0.05) is 13.8 Å². The topological polar surface area (TPSA) is 36.4 Å². The molecule has 0 bridgehead atoms.